The fourth-order valence-corrected chi connectivity index (χ4v) is 2.97. The van der Waals surface area contributed by atoms with Gasteiger partial charge in [0, 0.05) is 41.1 Å². The summed E-state index contributed by atoms with van der Waals surface area (Å²) in [6.07, 6.45) is 3.69. The highest BCUT2D eigenvalue weighted by Gasteiger charge is 2.16. The minimum absolute atomic E-state index is 0.490. The van der Waals surface area contributed by atoms with Gasteiger partial charge in [-0.1, -0.05) is 0 Å². The summed E-state index contributed by atoms with van der Waals surface area (Å²) in [5, 5.41) is 11.2. The Morgan fingerprint density at radius 2 is 2.27 bits per heavy atom. The standard InChI is InChI=1S/C10H15N3OS/c14-15-6-3-9(4-7-15)11-8-10-2-1-5-12-13-10/h1-2,5,9,11H,3-4,6-8H2. The second-order valence-corrected chi connectivity index (χ2v) is 5.41. The molecule has 0 aromatic carbocycles. The largest absolute Gasteiger partial charge is 0.308 e. The summed E-state index contributed by atoms with van der Waals surface area (Å²) in [4.78, 5) is 0. The number of rotatable bonds is 3. The first-order chi connectivity index (χ1) is 7.34. The Morgan fingerprint density at radius 1 is 1.47 bits per heavy atom. The highest BCUT2D eigenvalue weighted by molar-refractivity contribution is 7.85. The molecule has 1 fully saturated rings. The van der Waals surface area contributed by atoms with Crippen molar-refractivity contribution in [2.24, 2.45) is 0 Å². The van der Waals surface area contributed by atoms with Crippen molar-refractivity contribution >= 4 is 10.8 Å². The van der Waals surface area contributed by atoms with E-state index >= 15 is 0 Å². The first-order valence-electron chi connectivity index (χ1n) is 5.19. The molecule has 1 aromatic heterocycles. The molecule has 0 spiro atoms. The van der Waals surface area contributed by atoms with Crippen molar-refractivity contribution in [2.45, 2.75) is 25.4 Å². The van der Waals surface area contributed by atoms with Gasteiger partial charge >= 0.3 is 0 Å². The van der Waals surface area contributed by atoms with Gasteiger partial charge in [-0.05, 0) is 25.0 Å². The quantitative estimate of drug-likeness (QED) is 0.813. The van der Waals surface area contributed by atoms with Crippen LogP contribution in [0.1, 0.15) is 18.5 Å². The summed E-state index contributed by atoms with van der Waals surface area (Å²) >= 11 is 0. The van der Waals surface area contributed by atoms with Gasteiger partial charge in [0.15, 0.2) is 0 Å². The van der Waals surface area contributed by atoms with Crippen LogP contribution in [0, 0.1) is 0 Å². The summed E-state index contributed by atoms with van der Waals surface area (Å²) in [7, 11) is -0.577. The van der Waals surface area contributed by atoms with Crippen molar-refractivity contribution in [1.29, 1.82) is 0 Å². The third kappa shape index (κ3) is 3.35. The molecule has 2 heterocycles. The smallest absolute Gasteiger partial charge is 0.0769 e. The zero-order valence-corrected chi connectivity index (χ0v) is 9.37. The first kappa shape index (κ1) is 10.7. The van der Waals surface area contributed by atoms with Gasteiger partial charge in [-0.25, -0.2) is 0 Å². The summed E-state index contributed by atoms with van der Waals surface area (Å²) in [6.45, 7) is 0.755. The van der Waals surface area contributed by atoms with E-state index in [-0.39, 0.29) is 0 Å². The molecule has 0 aliphatic carbocycles. The van der Waals surface area contributed by atoms with Crippen molar-refractivity contribution < 1.29 is 4.21 Å². The van der Waals surface area contributed by atoms with Crippen LogP contribution in [0.3, 0.4) is 0 Å². The molecule has 0 bridgehead atoms. The van der Waals surface area contributed by atoms with E-state index in [0.717, 1.165) is 36.6 Å². The van der Waals surface area contributed by atoms with Gasteiger partial charge in [0.25, 0.3) is 0 Å². The maximum atomic E-state index is 11.1. The minimum atomic E-state index is -0.577. The number of aromatic nitrogens is 2. The van der Waals surface area contributed by atoms with Gasteiger partial charge in [-0.15, -0.1) is 0 Å². The first-order valence-corrected chi connectivity index (χ1v) is 6.68. The predicted octanol–water partition coefficient (Wildman–Crippen LogP) is 0.477. The van der Waals surface area contributed by atoms with E-state index in [4.69, 9.17) is 0 Å². The van der Waals surface area contributed by atoms with Crippen molar-refractivity contribution in [1.82, 2.24) is 15.5 Å². The van der Waals surface area contributed by atoms with Gasteiger partial charge in [-0.3, -0.25) is 4.21 Å². The summed E-state index contributed by atoms with van der Waals surface area (Å²) in [5.41, 5.74) is 0.962. The molecule has 1 aliphatic rings. The zero-order valence-electron chi connectivity index (χ0n) is 8.56. The van der Waals surface area contributed by atoms with Gasteiger partial charge < -0.3 is 5.32 Å². The van der Waals surface area contributed by atoms with Crippen LogP contribution in [0.5, 0.6) is 0 Å². The molecule has 1 aliphatic heterocycles. The second kappa shape index (κ2) is 5.32. The van der Waals surface area contributed by atoms with E-state index in [0.29, 0.717) is 6.04 Å². The molecule has 0 atom stereocenters. The molecule has 1 N–H and O–H groups in total. The molecule has 4 nitrogen and oxygen atoms in total. The van der Waals surface area contributed by atoms with Crippen molar-refractivity contribution in [3.63, 3.8) is 0 Å². The zero-order chi connectivity index (χ0) is 10.5. The number of nitrogens with one attached hydrogen (secondary N) is 1. The monoisotopic (exact) mass is 225 g/mol. The van der Waals surface area contributed by atoms with Gasteiger partial charge in [-0.2, -0.15) is 10.2 Å². The van der Waals surface area contributed by atoms with Crippen molar-refractivity contribution in [3.05, 3.63) is 24.0 Å². The highest BCUT2D eigenvalue weighted by atomic mass is 32.2. The molecular weight excluding hydrogens is 210 g/mol. The molecule has 15 heavy (non-hydrogen) atoms. The summed E-state index contributed by atoms with van der Waals surface area (Å²) in [5.74, 6) is 1.66. The van der Waals surface area contributed by atoms with E-state index in [1.54, 1.807) is 6.20 Å². The number of nitrogens with zero attached hydrogens (tertiary/aromatic N) is 2. The normalized spacial score (nSPS) is 26.4. The molecule has 0 saturated carbocycles. The second-order valence-electron chi connectivity index (χ2n) is 3.72. The van der Waals surface area contributed by atoms with E-state index in [9.17, 15) is 4.21 Å². The highest BCUT2D eigenvalue weighted by Crippen LogP contribution is 2.09. The molecule has 2 rings (SSSR count). The van der Waals surface area contributed by atoms with E-state index in [1.165, 1.54) is 0 Å². The molecular formula is C10H15N3OS. The third-order valence-electron chi connectivity index (χ3n) is 2.59. The topological polar surface area (TPSA) is 54.9 Å². The lowest BCUT2D eigenvalue weighted by Crippen LogP contribution is -2.35. The molecule has 1 aromatic rings. The van der Waals surface area contributed by atoms with Gasteiger partial charge in [0.2, 0.25) is 0 Å². The lowest BCUT2D eigenvalue weighted by atomic mass is 10.1. The Bertz CT molecular complexity index is 321. The van der Waals surface area contributed by atoms with Crippen LogP contribution in [0.2, 0.25) is 0 Å². The third-order valence-corrected chi connectivity index (χ3v) is 3.97. The molecule has 0 amide bonds. The predicted molar refractivity (Wildman–Crippen MR) is 59.8 cm³/mol. The minimum Gasteiger partial charge on any atom is -0.308 e. The van der Waals surface area contributed by atoms with Crippen molar-refractivity contribution in [3.8, 4) is 0 Å². The SMILES string of the molecule is O=S1CCC(NCc2cccnn2)CC1. The molecule has 0 radical (unpaired) electrons. The lowest BCUT2D eigenvalue weighted by Gasteiger charge is -2.22. The number of hydrogen-bond donors (Lipinski definition) is 1. The Hall–Kier alpha value is -0.810. The summed E-state index contributed by atoms with van der Waals surface area (Å²) in [6, 6.07) is 4.34. The molecule has 5 heteroatoms. The Morgan fingerprint density at radius 3 is 2.93 bits per heavy atom. The van der Waals surface area contributed by atoms with Crippen LogP contribution < -0.4 is 5.32 Å². The van der Waals surface area contributed by atoms with Crippen LogP contribution in [0.25, 0.3) is 0 Å². The van der Waals surface area contributed by atoms with Crippen LogP contribution in [0.15, 0.2) is 18.3 Å². The average molecular weight is 225 g/mol. The van der Waals surface area contributed by atoms with Crippen LogP contribution >= 0.6 is 0 Å². The Labute approximate surface area is 91.9 Å². The Kier molecular flexibility index (Phi) is 3.80. The fraction of sp³-hybridized carbons (Fsp3) is 0.600. The van der Waals surface area contributed by atoms with E-state index in [2.05, 4.69) is 15.5 Å². The average Bonchev–Trinajstić information content (AvgIpc) is 2.30. The number of hydrogen-bond acceptors (Lipinski definition) is 4. The van der Waals surface area contributed by atoms with E-state index < -0.39 is 10.8 Å². The lowest BCUT2D eigenvalue weighted by molar-refractivity contribution is 0.470. The van der Waals surface area contributed by atoms with Crippen LogP contribution in [0.4, 0.5) is 0 Å². The van der Waals surface area contributed by atoms with Crippen molar-refractivity contribution in [2.75, 3.05) is 11.5 Å². The van der Waals surface area contributed by atoms with Gasteiger partial charge in [0.1, 0.15) is 0 Å². The van der Waals surface area contributed by atoms with Crippen LogP contribution in [-0.4, -0.2) is 32.0 Å². The maximum absolute atomic E-state index is 11.1. The Balaban J connectivity index is 1.77. The summed E-state index contributed by atoms with van der Waals surface area (Å²) < 4.78 is 11.1. The molecule has 1 saturated heterocycles. The van der Waals surface area contributed by atoms with Crippen LogP contribution in [-0.2, 0) is 17.3 Å². The fourth-order valence-electron chi connectivity index (χ4n) is 1.67. The maximum Gasteiger partial charge on any atom is 0.0769 e. The molecule has 82 valence electrons. The molecule has 0 unspecified atom stereocenters. The van der Waals surface area contributed by atoms with Gasteiger partial charge in [0.05, 0.1) is 5.69 Å². The van der Waals surface area contributed by atoms with E-state index in [1.807, 2.05) is 12.1 Å².